The van der Waals surface area contributed by atoms with Crippen LogP contribution >= 0.6 is 23.2 Å². The molecule has 148 valence electrons. The third kappa shape index (κ3) is 3.94. The molecule has 1 saturated heterocycles. The van der Waals surface area contributed by atoms with Gasteiger partial charge in [0.25, 0.3) is 11.8 Å². The van der Waals surface area contributed by atoms with Gasteiger partial charge in [0.15, 0.2) is 5.75 Å². The molecule has 1 fully saturated rings. The number of ether oxygens (including phenoxy) is 1. The van der Waals surface area contributed by atoms with Crippen molar-refractivity contribution in [2.75, 3.05) is 12.0 Å². The maximum Gasteiger partial charge on any atom is 0.337 e. The van der Waals surface area contributed by atoms with Crippen molar-refractivity contribution in [1.29, 1.82) is 0 Å². The third-order valence-corrected chi connectivity index (χ3v) is 4.57. The monoisotopic (exact) mass is 434 g/mol. The number of nitrogens with one attached hydrogen (secondary N) is 1. The molecule has 0 unspecified atom stereocenters. The molecule has 2 aromatic rings. The Hall–Kier alpha value is -3.36. The van der Waals surface area contributed by atoms with Gasteiger partial charge in [-0.25, -0.2) is 14.5 Å². The molecule has 0 saturated carbocycles. The van der Waals surface area contributed by atoms with Crippen LogP contribution in [0.4, 0.5) is 10.5 Å². The van der Waals surface area contributed by atoms with Crippen molar-refractivity contribution in [3.8, 4) is 5.75 Å². The number of rotatable bonds is 3. The topological polar surface area (TPSA) is 113 Å². The highest BCUT2D eigenvalue weighted by molar-refractivity contribution is 6.40. The Balaban J connectivity index is 1.99. The normalized spacial score (nSPS) is 15.5. The average molecular weight is 435 g/mol. The lowest BCUT2D eigenvalue weighted by atomic mass is 10.1. The maximum atomic E-state index is 12.8. The highest BCUT2D eigenvalue weighted by Crippen LogP contribution is 2.33. The van der Waals surface area contributed by atoms with Crippen LogP contribution in [0.5, 0.6) is 5.75 Å². The summed E-state index contributed by atoms with van der Waals surface area (Å²) in [4.78, 5) is 49.5. The van der Waals surface area contributed by atoms with Crippen molar-refractivity contribution in [3.63, 3.8) is 0 Å². The Bertz CT molecular complexity index is 1060. The van der Waals surface area contributed by atoms with Crippen molar-refractivity contribution < 1.29 is 29.0 Å². The fourth-order valence-electron chi connectivity index (χ4n) is 2.59. The summed E-state index contributed by atoms with van der Waals surface area (Å²) in [5, 5.41) is 11.6. The third-order valence-electron chi connectivity index (χ3n) is 4.00. The quantitative estimate of drug-likeness (QED) is 0.435. The summed E-state index contributed by atoms with van der Waals surface area (Å²) in [7, 11) is 1.22. The van der Waals surface area contributed by atoms with E-state index >= 15 is 0 Å². The standard InChI is InChI=1S/C19H12Cl2N2O6/c1-29-18(27)10-2-4-11(5-3-10)23-17(26)12(16(25)22-19(23)28)6-9-7-13(20)15(24)14(21)8-9/h2-8,24H,1H3,(H,22,25,28). The molecule has 4 amide bonds. The van der Waals surface area contributed by atoms with E-state index in [0.717, 1.165) is 4.90 Å². The molecular formula is C19H12Cl2N2O6. The van der Waals surface area contributed by atoms with E-state index in [1.54, 1.807) is 0 Å². The first-order valence-corrected chi connectivity index (χ1v) is 8.76. The van der Waals surface area contributed by atoms with Crippen molar-refractivity contribution in [2.24, 2.45) is 0 Å². The molecule has 2 N–H and O–H groups in total. The molecule has 0 spiro atoms. The molecule has 10 heteroatoms. The van der Waals surface area contributed by atoms with Crippen molar-refractivity contribution >= 4 is 58.8 Å². The van der Waals surface area contributed by atoms with Crippen molar-refractivity contribution in [1.82, 2.24) is 5.32 Å². The van der Waals surface area contributed by atoms with Gasteiger partial charge in [0.1, 0.15) is 5.57 Å². The van der Waals surface area contributed by atoms with Gasteiger partial charge in [-0.05, 0) is 48.0 Å². The summed E-state index contributed by atoms with van der Waals surface area (Å²) >= 11 is 11.7. The number of methoxy groups -OCH3 is 1. The molecular weight excluding hydrogens is 423 g/mol. The number of anilines is 1. The van der Waals surface area contributed by atoms with Crippen molar-refractivity contribution in [3.05, 3.63) is 63.1 Å². The van der Waals surface area contributed by atoms with Crippen LogP contribution in [0, 0.1) is 0 Å². The Morgan fingerprint density at radius 3 is 2.24 bits per heavy atom. The average Bonchev–Trinajstić information content (AvgIpc) is 2.69. The van der Waals surface area contributed by atoms with E-state index in [4.69, 9.17) is 23.2 Å². The molecule has 1 heterocycles. The van der Waals surface area contributed by atoms with Gasteiger partial charge in [0.05, 0.1) is 28.4 Å². The number of carbonyl (C=O) groups excluding carboxylic acids is 4. The molecule has 0 radical (unpaired) electrons. The summed E-state index contributed by atoms with van der Waals surface area (Å²) < 4.78 is 4.60. The number of aromatic hydroxyl groups is 1. The first-order chi connectivity index (χ1) is 13.7. The fourth-order valence-corrected chi connectivity index (χ4v) is 3.10. The number of esters is 1. The SMILES string of the molecule is COC(=O)c1ccc(N2C(=O)NC(=O)C(=Cc3cc(Cl)c(O)c(Cl)c3)C2=O)cc1. The molecule has 2 aromatic carbocycles. The number of hydrogen-bond donors (Lipinski definition) is 2. The molecule has 0 aliphatic carbocycles. The zero-order valence-corrected chi connectivity index (χ0v) is 16.2. The highest BCUT2D eigenvalue weighted by Gasteiger charge is 2.36. The molecule has 29 heavy (non-hydrogen) atoms. The lowest BCUT2D eigenvalue weighted by Crippen LogP contribution is -2.54. The van der Waals surface area contributed by atoms with Crippen LogP contribution in [0.2, 0.25) is 10.0 Å². The summed E-state index contributed by atoms with van der Waals surface area (Å²) in [6.45, 7) is 0. The number of halogens is 2. The minimum Gasteiger partial charge on any atom is -0.505 e. The Morgan fingerprint density at radius 2 is 1.69 bits per heavy atom. The Kier molecular flexibility index (Phi) is 5.58. The number of urea groups is 1. The zero-order chi connectivity index (χ0) is 21.3. The van der Waals surface area contributed by atoms with E-state index in [2.05, 4.69) is 10.1 Å². The van der Waals surface area contributed by atoms with E-state index in [0.29, 0.717) is 0 Å². The Morgan fingerprint density at radius 1 is 1.10 bits per heavy atom. The van der Waals surface area contributed by atoms with Crippen LogP contribution in [0.3, 0.4) is 0 Å². The van der Waals surface area contributed by atoms with Gasteiger partial charge in [-0.3, -0.25) is 14.9 Å². The number of hydrogen-bond acceptors (Lipinski definition) is 6. The second kappa shape index (κ2) is 7.94. The first-order valence-electron chi connectivity index (χ1n) is 8.00. The molecule has 3 rings (SSSR count). The van der Waals surface area contributed by atoms with Crippen LogP contribution in [-0.4, -0.2) is 36.0 Å². The fraction of sp³-hybridized carbons (Fsp3) is 0.0526. The molecule has 8 nitrogen and oxygen atoms in total. The van der Waals surface area contributed by atoms with Gasteiger partial charge in [-0.1, -0.05) is 23.2 Å². The van der Waals surface area contributed by atoms with Crippen LogP contribution in [0.1, 0.15) is 15.9 Å². The minimum atomic E-state index is -0.940. The van der Waals surface area contributed by atoms with Crippen molar-refractivity contribution in [2.45, 2.75) is 0 Å². The van der Waals surface area contributed by atoms with Gasteiger partial charge >= 0.3 is 12.0 Å². The largest absolute Gasteiger partial charge is 0.505 e. The molecule has 0 aromatic heterocycles. The summed E-state index contributed by atoms with van der Waals surface area (Å²) in [5.41, 5.74) is 0.285. The number of phenols is 1. The summed E-state index contributed by atoms with van der Waals surface area (Å²) in [5.74, 6) is -2.70. The summed E-state index contributed by atoms with van der Waals surface area (Å²) in [6, 6.07) is 7.16. The number of benzene rings is 2. The number of imide groups is 2. The zero-order valence-electron chi connectivity index (χ0n) is 14.7. The van der Waals surface area contributed by atoms with E-state index in [1.165, 1.54) is 49.6 Å². The Labute approximate surface area is 174 Å². The molecule has 1 aliphatic rings. The minimum absolute atomic E-state index is 0.0700. The number of nitrogens with zero attached hydrogens (tertiary/aromatic N) is 1. The smallest absolute Gasteiger partial charge is 0.337 e. The van der Waals surface area contributed by atoms with E-state index in [9.17, 15) is 24.3 Å². The van der Waals surface area contributed by atoms with Gasteiger partial charge in [-0.2, -0.15) is 0 Å². The van der Waals surface area contributed by atoms with E-state index in [-0.39, 0.29) is 38.2 Å². The number of amides is 4. The number of carbonyl (C=O) groups is 4. The van der Waals surface area contributed by atoms with E-state index < -0.39 is 23.8 Å². The number of barbiturate groups is 1. The lowest BCUT2D eigenvalue weighted by molar-refractivity contribution is -0.122. The van der Waals surface area contributed by atoms with Crippen LogP contribution in [0.25, 0.3) is 6.08 Å². The highest BCUT2D eigenvalue weighted by atomic mass is 35.5. The van der Waals surface area contributed by atoms with Gasteiger partial charge < -0.3 is 9.84 Å². The van der Waals surface area contributed by atoms with Gasteiger partial charge in [0.2, 0.25) is 0 Å². The molecule has 0 bridgehead atoms. The molecule has 1 aliphatic heterocycles. The van der Waals surface area contributed by atoms with Gasteiger partial charge in [0, 0.05) is 0 Å². The summed E-state index contributed by atoms with van der Waals surface area (Å²) in [6.07, 6.45) is 1.19. The van der Waals surface area contributed by atoms with Gasteiger partial charge in [-0.15, -0.1) is 0 Å². The second-order valence-electron chi connectivity index (χ2n) is 5.83. The predicted octanol–water partition coefficient (Wildman–Crippen LogP) is 3.15. The first kappa shape index (κ1) is 20.4. The van der Waals surface area contributed by atoms with Crippen LogP contribution in [-0.2, 0) is 14.3 Å². The van der Waals surface area contributed by atoms with E-state index in [1.807, 2.05) is 0 Å². The predicted molar refractivity (Wildman–Crippen MR) is 105 cm³/mol. The van der Waals surface area contributed by atoms with Crippen LogP contribution in [0.15, 0.2) is 42.0 Å². The van der Waals surface area contributed by atoms with Crippen LogP contribution < -0.4 is 10.2 Å². The lowest BCUT2D eigenvalue weighted by Gasteiger charge is -2.26. The number of phenolic OH excluding ortho intramolecular Hbond substituents is 1. The molecule has 0 atom stereocenters. The maximum absolute atomic E-state index is 12.8. The second-order valence-corrected chi connectivity index (χ2v) is 6.64.